The minimum absolute atomic E-state index is 0.0586. The molecule has 2 heterocycles. The number of anilines is 1. The SMILES string of the molecule is CCN(C)CC.O=S(=O)([O-])CCCN1/C(=C/c2sc3ccc(Cl)cc3[n+]2CCCS(=O)(=O)[O-])Sc2ccc(F)cc21. The average molecular weight is 665 g/mol. The maximum absolute atomic E-state index is 14.0. The highest BCUT2D eigenvalue weighted by molar-refractivity contribution is 8.04. The fourth-order valence-electron chi connectivity index (χ4n) is 3.95. The molecule has 1 aliphatic rings. The molecule has 41 heavy (non-hydrogen) atoms. The highest BCUT2D eigenvalue weighted by Crippen LogP contribution is 2.47. The fraction of sp³-hybridized carbons (Fsp3) is 0.423. The Balaban J connectivity index is 0.000000696. The normalized spacial score (nSPS) is 14.5. The van der Waals surface area contributed by atoms with E-state index in [4.69, 9.17) is 11.6 Å². The Labute approximate surface area is 254 Å². The fourth-order valence-corrected chi connectivity index (χ4v) is 7.37. The summed E-state index contributed by atoms with van der Waals surface area (Å²) in [7, 11) is -6.65. The molecule has 0 aliphatic carbocycles. The molecular weight excluding hydrogens is 633 g/mol. The summed E-state index contributed by atoms with van der Waals surface area (Å²) in [5, 5.41) is 1.93. The van der Waals surface area contributed by atoms with Gasteiger partial charge in [-0.2, -0.15) is 4.57 Å². The lowest BCUT2D eigenvalue weighted by atomic mass is 10.2. The predicted octanol–water partition coefficient (Wildman–Crippen LogP) is 4.72. The molecule has 0 radical (unpaired) electrons. The topological polar surface area (TPSA) is 125 Å². The van der Waals surface area contributed by atoms with Crippen molar-refractivity contribution in [2.45, 2.75) is 38.1 Å². The summed E-state index contributed by atoms with van der Waals surface area (Å²) < 4.78 is 83.3. The Hall–Kier alpha value is -1.78. The Bertz CT molecular complexity index is 1610. The number of rotatable bonds is 11. The van der Waals surface area contributed by atoms with Gasteiger partial charge in [0, 0.05) is 40.5 Å². The summed E-state index contributed by atoms with van der Waals surface area (Å²) in [4.78, 5) is 4.79. The molecule has 0 amide bonds. The van der Waals surface area contributed by atoms with Crippen LogP contribution in [0.1, 0.15) is 31.7 Å². The molecule has 9 nitrogen and oxygen atoms in total. The van der Waals surface area contributed by atoms with Crippen LogP contribution in [0.5, 0.6) is 0 Å². The summed E-state index contributed by atoms with van der Waals surface area (Å²) in [6, 6.07) is 9.65. The first-order chi connectivity index (χ1) is 19.2. The van der Waals surface area contributed by atoms with Crippen LogP contribution in [0.2, 0.25) is 5.02 Å². The summed E-state index contributed by atoms with van der Waals surface area (Å²) in [5.41, 5.74) is 1.34. The Kier molecular flexibility index (Phi) is 12.0. The lowest BCUT2D eigenvalue weighted by Gasteiger charge is -2.20. The van der Waals surface area contributed by atoms with Crippen LogP contribution in [0.4, 0.5) is 10.1 Å². The van der Waals surface area contributed by atoms with Crippen LogP contribution in [-0.2, 0) is 26.8 Å². The number of nitrogens with zero attached hydrogens (tertiary/aromatic N) is 3. The second kappa shape index (κ2) is 14.6. The van der Waals surface area contributed by atoms with Gasteiger partial charge >= 0.3 is 0 Å². The molecule has 0 saturated carbocycles. The van der Waals surface area contributed by atoms with Crippen molar-refractivity contribution in [1.29, 1.82) is 0 Å². The van der Waals surface area contributed by atoms with Crippen LogP contribution in [0.3, 0.4) is 0 Å². The highest BCUT2D eigenvalue weighted by atomic mass is 35.5. The molecule has 0 atom stereocenters. The van der Waals surface area contributed by atoms with E-state index in [1.165, 1.54) is 35.2 Å². The van der Waals surface area contributed by atoms with Gasteiger partial charge < -0.3 is 18.9 Å². The zero-order chi connectivity index (χ0) is 30.4. The number of aryl methyl sites for hydroxylation is 1. The summed E-state index contributed by atoms with van der Waals surface area (Å²) >= 11 is 8.98. The van der Waals surface area contributed by atoms with E-state index in [0.717, 1.165) is 33.2 Å². The molecule has 2 aromatic carbocycles. The first-order valence-corrected chi connectivity index (χ1v) is 18.0. The van der Waals surface area contributed by atoms with Crippen molar-refractivity contribution in [1.82, 2.24) is 4.90 Å². The van der Waals surface area contributed by atoms with Gasteiger partial charge in [0.05, 0.1) is 37.0 Å². The van der Waals surface area contributed by atoms with Gasteiger partial charge in [0.25, 0.3) is 5.01 Å². The molecule has 0 fully saturated rings. The van der Waals surface area contributed by atoms with Crippen molar-refractivity contribution in [3.8, 4) is 0 Å². The van der Waals surface area contributed by atoms with E-state index in [1.54, 1.807) is 23.1 Å². The maximum atomic E-state index is 14.0. The smallest absolute Gasteiger partial charge is 0.265 e. The molecular formula is C26H32ClFN3O6S4-. The van der Waals surface area contributed by atoms with Crippen molar-refractivity contribution >= 4 is 76.9 Å². The lowest BCUT2D eigenvalue weighted by molar-refractivity contribution is -0.668. The van der Waals surface area contributed by atoms with E-state index < -0.39 is 37.6 Å². The molecule has 0 spiro atoms. The molecule has 0 bridgehead atoms. The van der Waals surface area contributed by atoms with E-state index >= 15 is 0 Å². The van der Waals surface area contributed by atoms with Crippen molar-refractivity contribution in [2.75, 3.05) is 43.1 Å². The predicted molar refractivity (Wildman–Crippen MR) is 162 cm³/mol. The number of thiazole rings is 1. The van der Waals surface area contributed by atoms with Crippen LogP contribution >= 0.6 is 34.7 Å². The van der Waals surface area contributed by atoms with Crippen LogP contribution in [0.25, 0.3) is 16.3 Å². The van der Waals surface area contributed by atoms with Gasteiger partial charge in [0.1, 0.15) is 10.5 Å². The van der Waals surface area contributed by atoms with Crippen LogP contribution in [0.15, 0.2) is 46.3 Å². The third-order valence-electron chi connectivity index (χ3n) is 6.26. The molecule has 15 heteroatoms. The van der Waals surface area contributed by atoms with Crippen molar-refractivity contribution in [3.05, 3.63) is 57.3 Å². The second-order valence-corrected chi connectivity index (χ2v) is 14.9. The quantitative estimate of drug-likeness (QED) is 0.211. The lowest BCUT2D eigenvalue weighted by Crippen LogP contribution is -2.36. The third-order valence-corrected chi connectivity index (χ3v) is 10.3. The average Bonchev–Trinajstić information content (AvgIpc) is 3.39. The largest absolute Gasteiger partial charge is 0.748 e. The van der Waals surface area contributed by atoms with E-state index in [-0.39, 0.29) is 25.9 Å². The maximum Gasteiger partial charge on any atom is 0.265 e. The van der Waals surface area contributed by atoms with Crippen LogP contribution in [-0.4, -0.2) is 69.0 Å². The van der Waals surface area contributed by atoms with Gasteiger partial charge in [-0.15, -0.1) is 0 Å². The first-order valence-electron chi connectivity index (χ1n) is 12.8. The Morgan fingerprint density at radius 3 is 2.29 bits per heavy atom. The molecule has 226 valence electrons. The van der Waals surface area contributed by atoms with E-state index in [0.29, 0.717) is 15.7 Å². The van der Waals surface area contributed by atoms with Crippen molar-refractivity contribution < 1.29 is 34.9 Å². The van der Waals surface area contributed by atoms with E-state index in [9.17, 15) is 30.3 Å². The number of aromatic nitrogens is 1. The van der Waals surface area contributed by atoms with Crippen molar-refractivity contribution in [2.24, 2.45) is 0 Å². The summed E-state index contributed by atoms with van der Waals surface area (Å²) in [6.45, 7) is 7.07. The molecule has 0 saturated heterocycles. The van der Waals surface area contributed by atoms with Gasteiger partial charge in [-0.25, -0.2) is 21.2 Å². The van der Waals surface area contributed by atoms with Gasteiger partial charge in [-0.05, 0) is 56.9 Å². The first kappa shape index (κ1) is 33.7. The Morgan fingerprint density at radius 2 is 1.68 bits per heavy atom. The number of hydrogen-bond donors (Lipinski definition) is 0. The molecule has 1 aliphatic heterocycles. The third kappa shape index (κ3) is 10.2. The number of benzene rings is 2. The minimum atomic E-state index is -4.39. The number of thioether (sulfide) groups is 1. The molecule has 0 unspecified atom stereocenters. The summed E-state index contributed by atoms with van der Waals surface area (Å²) in [6.07, 6.45) is 2.01. The van der Waals surface area contributed by atoms with Crippen molar-refractivity contribution in [3.63, 3.8) is 0 Å². The molecule has 4 rings (SSSR count). The number of halogens is 2. The van der Waals surface area contributed by atoms with Gasteiger partial charge in [0.2, 0.25) is 5.52 Å². The van der Waals surface area contributed by atoms with Crippen LogP contribution in [0, 0.1) is 5.82 Å². The number of hydrogen-bond acceptors (Lipinski definition) is 10. The molecule has 0 N–H and O–H groups in total. The standard InChI is InChI=1S/C21H20ClFN2O6S4.C5H13N/c22-14-3-5-18-16(11-14)24(7-1-9-34(26,27)28)20(32-18)13-21-25(8-2-10-35(29,30)31)17-12-15(23)4-6-19(17)33-21;1-4-6(3)5-2/h3-6,11-13H,1-2,7-10H2,(H-,26,27,28,29,30,31);4-5H2,1-3H3/p-1. The number of fused-ring (bicyclic) bond motifs is 2. The highest BCUT2D eigenvalue weighted by Gasteiger charge is 2.28. The zero-order valence-corrected chi connectivity index (χ0v) is 26.9. The summed E-state index contributed by atoms with van der Waals surface area (Å²) in [5.74, 6) is -1.50. The van der Waals surface area contributed by atoms with E-state index in [2.05, 4.69) is 25.8 Å². The second-order valence-electron chi connectivity index (χ2n) is 9.27. The van der Waals surface area contributed by atoms with Crippen LogP contribution < -0.4 is 9.47 Å². The van der Waals surface area contributed by atoms with Gasteiger partial charge in [-0.1, -0.05) is 48.5 Å². The zero-order valence-electron chi connectivity index (χ0n) is 22.9. The monoisotopic (exact) mass is 664 g/mol. The van der Waals surface area contributed by atoms with E-state index in [1.807, 2.05) is 16.7 Å². The molecule has 1 aromatic heterocycles. The van der Waals surface area contributed by atoms with Gasteiger partial charge in [0.15, 0.2) is 6.54 Å². The molecule has 3 aromatic rings. The Morgan fingerprint density at radius 1 is 1.02 bits per heavy atom. The van der Waals surface area contributed by atoms with Gasteiger partial charge in [-0.3, -0.25) is 0 Å². The minimum Gasteiger partial charge on any atom is -0.748 e.